The van der Waals surface area contributed by atoms with E-state index in [1.54, 1.807) is 4.90 Å². The summed E-state index contributed by atoms with van der Waals surface area (Å²) >= 11 is 0. The molecule has 0 atom stereocenters. The number of unbranched alkanes of at least 4 members (excludes halogenated alkanes) is 1. The Morgan fingerprint density at radius 3 is 1.75 bits per heavy atom. The second kappa shape index (κ2) is 23.2. The molecule has 0 fully saturated rings. The molecule has 0 saturated carbocycles. The fraction of sp³-hybridized carbons (Fsp3) is 0.600. The molecule has 0 aromatic rings. The molecule has 0 bridgehead atoms. The molecule has 0 aromatic carbocycles. The van der Waals surface area contributed by atoms with Gasteiger partial charge in [-0.05, 0) is 28.2 Å². The maximum atomic E-state index is 9.79. The minimum atomic E-state index is -1.07. The number of nitrogens with zero attached hydrogens (tertiary/aromatic N) is 2. The van der Waals surface area contributed by atoms with Crippen molar-refractivity contribution in [1.82, 2.24) is 9.80 Å². The Labute approximate surface area is 137 Å². The van der Waals surface area contributed by atoms with Crippen molar-refractivity contribution in [2.24, 2.45) is 0 Å². The molecule has 4 nitrogen and oxygen atoms in total. The van der Waals surface area contributed by atoms with E-state index >= 15 is 0 Å². The van der Waals surface area contributed by atoms with Gasteiger partial charge < -0.3 is 12.0 Å². The number of terminal acetylenes is 1. The minimum absolute atomic E-state index is 0. The van der Waals surface area contributed by atoms with E-state index in [-0.39, 0.29) is 18.9 Å². The van der Waals surface area contributed by atoms with Gasteiger partial charge in [-0.25, -0.2) is 4.79 Å². The average molecular weight is 274 g/mol. The van der Waals surface area contributed by atoms with Crippen LogP contribution in [0.2, 0.25) is 0 Å². The molecule has 0 saturated heterocycles. The Morgan fingerprint density at radius 2 is 1.60 bits per heavy atom. The van der Waals surface area contributed by atoms with Crippen LogP contribution in [0.3, 0.4) is 0 Å². The number of rotatable bonds is 3. The molecule has 0 rings (SSSR count). The summed E-state index contributed by atoms with van der Waals surface area (Å²) in [4.78, 5) is 13.5. The Kier molecular flexibility index (Phi) is 31.9. The van der Waals surface area contributed by atoms with Crippen LogP contribution in [0.4, 0.5) is 0 Å². The van der Waals surface area contributed by atoms with E-state index in [9.17, 15) is 4.79 Å². The molecule has 0 amide bonds. The van der Waals surface area contributed by atoms with Gasteiger partial charge in [0.25, 0.3) is 0 Å². The second-order valence-corrected chi connectivity index (χ2v) is 4.14. The summed E-state index contributed by atoms with van der Waals surface area (Å²) < 4.78 is 0. The van der Waals surface area contributed by atoms with Crippen LogP contribution in [-0.4, -0.2) is 62.2 Å². The fourth-order valence-electron chi connectivity index (χ4n) is 0.456. The van der Waals surface area contributed by atoms with Gasteiger partial charge >= 0.3 is 24.8 Å². The first-order chi connectivity index (χ1) is 8.81. The first kappa shape index (κ1) is 27.4. The van der Waals surface area contributed by atoms with Crippen molar-refractivity contribution in [2.75, 3.05) is 41.3 Å². The monoisotopic (exact) mass is 274 g/mol. The van der Waals surface area contributed by atoms with Crippen molar-refractivity contribution in [3.63, 3.8) is 0 Å². The summed E-state index contributed by atoms with van der Waals surface area (Å²) in [6.45, 7) is 6.95. The van der Waals surface area contributed by atoms with Crippen LogP contribution in [0.1, 0.15) is 19.8 Å². The summed E-state index contributed by atoms with van der Waals surface area (Å²) in [5.41, 5.74) is 0. The summed E-state index contributed by atoms with van der Waals surface area (Å²) in [5, 5.41) is 8.03. The molecule has 0 aliphatic heterocycles. The van der Waals surface area contributed by atoms with E-state index in [1.165, 1.54) is 6.42 Å². The van der Waals surface area contributed by atoms with Crippen molar-refractivity contribution in [1.29, 1.82) is 0 Å². The third kappa shape index (κ3) is 53.5. The van der Waals surface area contributed by atoms with Gasteiger partial charge in [0.2, 0.25) is 0 Å². The molecule has 0 heterocycles. The summed E-state index contributed by atoms with van der Waals surface area (Å²) in [7, 11) is 7.55. The molecule has 0 aliphatic rings. The van der Waals surface area contributed by atoms with Gasteiger partial charge in [0, 0.05) is 5.92 Å². The zero-order valence-corrected chi connectivity index (χ0v) is 13.9. The van der Waals surface area contributed by atoms with Crippen LogP contribution in [0.15, 0.2) is 0 Å². The van der Waals surface area contributed by atoms with Crippen LogP contribution < -0.4 is 18.9 Å². The number of hydrogen-bond donors (Lipinski definition) is 1. The van der Waals surface area contributed by atoms with Gasteiger partial charge in [-0.15, -0.1) is 6.42 Å². The van der Waals surface area contributed by atoms with E-state index in [4.69, 9.17) is 11.5 Å². The minimum Gasteiger partial charge on any atom is -0.472 e. The van der Waals surface area contributed by atoms with E-state index in [1.807, 2.05) is 39.0 Å². The third-order valence-corrected chi connectivity index (χ3v) is 1.35. The van der Waals surface area contributed by atoms with Crippen LogP contribution in [0.5, 0.6) is 0 Å². The Morgan fingerprint density at radius 1 is 1.20 bits per heavy atom. The van der Waals surface area contributed by atoms with Crippen molar-refractivity contribution in [3.05, 3.63) is 6.92 Å². The topological polar surface area (TPSA) is 43.8 Å². The van der Waals surface area contributed by atoms with E-state index in [2.05, 4.69) is 25.7 Å². The van der Waals surface area contributed by atoms with Crippen molar-refractivity contribution >= 4 is 5.97 Å². The van der Waals surface area contributed by atoms with Gasteiger partial charge in [0.15, 0.2) is 0 Å². The Bertz CT molecular complexity index is 297. The normalized spacial score (nSPS) is 7.75. The molecular formula is C15H27LiN2O2. The van der Waals surface area contributed by atoms with Gasteiger partial charge in [-0.3, -0.25) is 9.80 Å². The predicted molar refractivity (Wildman–Crippen MR) is 81.6 cm³/mol. The molecule has 1 N–H and O–H groups in total. The third-order valence-electron chi connectivity index (χ3n) is 1.35. The number of carboxylic acid groups (broad SMARTS) is 1. The first-order valence-corrected chi connectivity index (χ1v) is 6.05. The van der Waals surface area contributed by atoms with Crippen LogP contribution >= 0.6 is 0 Å². The summed E-state index contributed by atoms with van der Waals surface area (Å²) in [5.74, 6) is 5.88. The first-order valence-electron chi connectivity index (χ1n) is 6.05. The Hall–Kier alpha value is -0.893. The van der Waals surface area contributed by atoms with Crippen LogP contribution in [0.25, 0.3) is 0 Å². The molecule has 0 radical (unpaired) electrons. The standard InChI is InChI=1S/C6H9NO2.C5H9N.C4H9.Li/c1-7(2)5-3-4-6(8)9;1-4-5-6(2)3;1-3-4-2;/h5H2,1-2H3,(H,8,9);1H,5H2,2-3H3;1,3-4H2,2H3;/q;;-1;+1. The van der Waals surface area contributed by atoms with Gasteiger partial charge in [0.1, 0.15) is 0 Å². The van der Waals surface area contributed by atoms with E-state index in [0.717, 1.165) is 13.0 Å². The molecule has 0 aromatic heterocycles. The SMILES string of the molecule is C#CCN(C)C.CN(C)CC#CC(=O)O.[CH2-]CCC.[Li+]. The van der Waals surface area contributed by atoms with E-state index < -0.39 is 5.97 Å². The molecule has 110 valence electrons. The molecule has 20 heavy (non-hydrogen) atoms. The fourth-order valence-corrected chi connectivity index (χ4v) is 0.456. The predicted octanol–water partition coefficient (Wildman–Crippen LogP) is -1.56. The number of carbonyl (C=O) groups is 1. The number of hydrogen-bond acceptors (Lipinski definition) is 3. The van der Waals surface area contributed by atoms with Gasteiger partial charge in [0.05, 0.1) is 13.1 Å². The molecule has 0 spiro atoms. The quantitative estimate of drug-likeness (QED) is 0.384. The zero-order valence-electron chi connectivity index (χ0n) is 13.9. The smallest absolute Gasteiger partial charge is 0.472 e. The average Bonchev–Trinajstić information content (AvgIpc) is 2.29. The van der Waals surface area contributed by atoms with Gasteiger partial charge in [-0.2, -0.15) is 6.42 Å². The van der Waals surface area contributed by atoms with E-state index in [0.29, 0.717) is 6.54 Å². The van der Waals surface area contributed by atoms with Crippen molar-refractivity contribution in [3.8, 4) is 24.2 Å². The summed E-state index contributed by atoms with van der Waals surface area (Å²) in [6, 6.07) is 0. The molecule has 5 heteroatoms. The molecular weight excluding hydrogens is 247 g/mol. The largest absolute Gasteiger partial charge is 1.00 e. The van der Waals surface area contributed by atoms with Crippen molar-refractivity contribution < 1.29 is 28.8 Å². The van der Waals surface area contributed by atoms with Crippen LogP contribution in [0, 0.1) is 31.1 Å². The maximum absolute atomic E-state index is 9.79. The number of aliphatic carboxylic acids is 1. The molecule has 0 aliphatic carbocycles. The zero-order chi connectivity index (χ0) is 15.7. The van der Waals surface area contributed by atoms with Crippen molar-refractivity contribution in [2.45, 2.75) is 19.8 Å². The Balaban J connectivity index is -0.000000102. The maximum Gasteiger partial charge on any atom is 1.00 e. The van der Waals surface area contributed by atoms with Crippen LogP contribution in [-0.2, 0) is 4.79 Å². The number of carboxylic acids is 1. The molecule has 0 unspecified atom stereocenters. The second-order valence-electron chi connectivity index (χ2n) is 4.14. The van der Waals surface area contributed by atoms with Gasteiger partial charge in [-0.1, -0.05) is 25.2 Å². The summed E-state index contributed by atoms with van der Waals surface area (Å²) in [6.07, 6.45) is 7.22.